The fourth-order valence-corrected chi connectivity index (χ4v) is 3.86. The number of hydrogen-bond donors (Lipinski definition) is 1. The molecule has 1 fully saturated rings. The maximum Gasteiger partial charge on any atom is 0.264 e. The molecule has 1 heterocycles. The van der Waals surface area contributed by atoms with Crippen molar-refractivity contribution in [2.75, 3.05) is 6.61 Å². The molecule has 32 heavy (non-hydrogen) atoms. The second-order valence-corrected chi connectivity index (χ2v) is 7.86. The van der Waals surface area contributed by atoms with Crippen molar-refractivity contribution < 1.29 is 18.7 Å². The van der Waals surface area contributed by atoms with Crippen LogP contribution in [0.2, 0.25) is 0 Å². The van der Waals surface area contributed by atoms with Crippen LogP contribution in [0.1, 0.15) is 18.1 Å². The lowest BCUT2D eigenvalue weighted by Gasteiger charge is -2.10. The summed E-state index contributed by atoms with van der Waals surface area (Å²) in [7, 11) is 0. The predicted molar refractivity (Wildman–Crippen MR) is 126 cm³/mol. The van der Waals surface area contributed by atoms with Crippen LogP contribution in [0, 0.1) is 5.82 Å². The number of halogens is 1. The molecule has 1 aliphatic rings. The first-order chi connectivity index (χ1) is 15.6. The molecule has 5 nitrogen and oxygen atoms in total. The number of benzene rings is 3. The monoisotopic (exact) mass is 448 g/mol. The molecule has 0 aliphatic carbocycles. The Morgan fingerprint density at radius 1 is 1.00 bits per heavy atom. The van der Waals surface area contributed by atoms with Gasteiger partial charge in [0.1, 0.15) is 23.9 Å². The topological polar surface area (TPSA) is 59.9 Å². The van der Waals surface area contributed by atoms with E-state index in [2.05, 4.69) is 10.3 Å². The Hall–Kier alpha value is -3.58. The molecule has 1 aliphatic heterocycles. The number of para-hydroxylation sites is 1. The van der Waals surface area contributed by atoms with Gasteiger partial charge in [0, 0.05) is 11.1 Å². The summed E-state index contributed by atoms with van der Waals surface area (Å²) in [5.41, 5.74) is 1.91. The molecule has 0 aromatic heterocycles. The van der Waals surface area contributed by atoms with Crippen LogP contribution in [-0.2, 0) is 11.4 Å². The number of thioether (sulfide) groups is 1. The summed E-state index contributed by atoms with van der Waals surface area (Å²) < 4.78 is 25.2. The van der Waals surface area contributed by atoms with Crippen LogP contribution < -0.4 is 14.8 Å². The molecule has 3 aromatic rings. The number of ether oxygens (including phenoxy) is 2. The molecule has 0 bridgehead atoms. The van der Waals surface area contributed by atoms with Gasteiger partial charge < -0.3 is 14.8 Å². The van der Waals surface area contributed by atoms with E-state index in [0.717, 1.165) is 11.3 Å². The smallest absolute Gasteiger partial charge is 0.264 e. The van der Waals surface area contributed by atoms with Gasteiger partial charge in [0.05, 0.1) is 17.2 Å². The van der Waals surface area contributed by atoms with E-state index in [4.69, 9.17) is 9.47 Å². The molecule has 0 radical (unpaired) electrons. The number of carbonyl (C=O) groups excluding carboxylic acids is 1. The number of amidine groups is 1. The van der Waals surface area contributed by atoms with Crippen molar-refractivity contribution in [3.63, 3.8) is 0 Å². The number of carbonyl (C=O) groups is 1. The molecule has 0 spiro atoms. The van der Waals surface area contributed by atoms with Gasteiger partial charge in [-0.05, 0) is 61.2 Å². The average molecular weight is 449 g/mol. The zero-order chi connectivity index (χ0) is 22.3. The Morgan fingerprint density at radius 3 is 2.53 bits per heavy atom. The summed E-state index contributed by atoms with van der Waals surface area (Å²) in [6.45, 7) is 2.62. The average Bonchev–Trinajstić information content (AvgIpc) is 3.14. The van der Waals surface area contributed by atoms with Crippen LogP contribution in [0.15, 0.2) is 82.7 Å². The predicted octanol–water partition coefficient (Wildman–Crippen LogP) is 5.70. The van der Waals surface area contributed by atoms with E-state index in [1.165, 1.54) is 17.8 Å². The number of aliphatic imine (C=N–C) groups is 1. The minimum absolute atomic E-state index is 0.0939. The number of amides is 1. The molecule has 0 unspecified atom stereocenters. The molecule has 7 heteroatoms. The van der Waals surface area contributed by atoms with Crippen LogP contribution in [0.5, 0.6) is 11.5 Å². The summed E-state index contributed by atoms with van der Waals surface area (Å²) in [5.74, 6) is 0.786. The Morgan fingerprint density at radius 2 is 1.75 bits per heavy atom. The number of rotatable bonds is 7. The molecule has 0 saturated carbocycles. The minimum atomic E-state index is -0.316. The lowest BCUT2D eigenvalue weighted by molar-refractivity contribution is -0.115. The van der Waals surface area contributed by atoms with Crippen LogP contribution in [-0.4, -0.2) is 17.7 Å². The van der Waals surface area contributed by atoms with Gasteiger partial charge in [-0.15, -0.1) is 0 Å². The van der Waals surface area contributed by atoms with Crippen molar-refractivity contribution in [3.05, 3.63) is 94.6 Å². The SMILES string of the molecule is CCOc1ccc(N=C2NC(=O)/C(=C\c3ccccc3OCc3ccccc3F)S2)cc1. The zero-order valence-electron chi connectivity index (χ0n) is 17.4. The largest absolute Gasteiger partial charge is 0.494 e. The maximum atomic E-state index is 13.9. The number of nitrogens with zero attached hydrogens (tertiary/aromatic N) is 1. The summed E-state index contributed by atoms with van der Waals surface area (Å²) in [6.07, 6.45) is 1.75. The van der Waals surface area contributed by atoms with Gasteiger partial charge in [-0.25, -0.2) is 9.38 Å². The van der Waals surface area contributed by atoms with Crippen molar-refractivity contribution in [2.24, 2.45) is 4.99 Å². The normalized spacial score (nSPS) is 15.8. The maximum absolute atomic E-state index is 13.9. The van der Waals surface area contributed by atoms with Gasteiger partial charge in [-0.1, -0.05) is 36.4 Å². The van der Waals surface area contributed by atoms with E-state index in [9.17, 15) is 9.18 Å². The van der Waals surface area contributed by atoms with Crippen molar-refractivity contribution >= 4 is 34.6 Å². The van der Waals surface area contributed by atoms with E-state index in [1.807, 2.05) is 49.4 Å². The molecular formula is C25H21FN2O3S. The van der Waals surface area contributed by atoms with Crippen LogP contribution in [0.4, 0.5) is 10.1 Å². The van der Waals surface area contributed by atoms with Gasteiger partial charge in [-0.3, -0.25) is 4.79 Å². The van der Waals surface area contributed by atoms with Crippen LogP contribution in [0.25, 0.3) is 6.08 Å². The highest BCUT2D eigenvalue weighted by Crippen LogP contribution is 2.31. The Balaban J connectivity index is 1.49. The van der Waals surface area contributed by atoms with E-state index < -0.39 is 0 Å². The van der Waals surface area contributed by atoms with Gasteiger partial charge in [0.25, 0.3) is 5.91 Å². The molecule has 0 atom stereocenters. The highest BCUT2D eigenvalue weighted by atomic mass is 32.2. The Bertz CT molecular complexity index is 1180. The van der Waals surface area contributed by atoms with E-state index in [1.54, 1.807) is 30.3 Å². The zero-order valence-corrected chi connectivity index (χ0v) is 18.2. The fourth-order valence-electron chi connectivity index (χ4n) is 3.02. The van der Waals surface area contributed by atoms with Crippen LogP contribution in [0.3, 0.4) is 0 Å². The molecule has 162 valence electrons. The third-order valence-corrected chi connectivity index (χ3v) is 5.49. The van der Waals surface area contributed by atoms with Crippen molar-refractivity contribution in [3.8, 4) is 11.5 Å². The first kappa shape index (κ1) is 21.6. The Labute approximate surface area is 190 Å². The van der Waals surface area contributed by atoms with Gasteiger partial charge in [0.15, 0.2) is 5.17 Å². The van der Waals surface area contributed by atoms with Gasteiger partial charge in [-0.2, -0.15) is 0 Å². The van der Waals surface area contributed by atoms with Crippen molar-refractivity contribution in [2.45, 2.75) is 13.5 Å². The fraction of sp³-hybridized carbons (Fsp3) is 0.120. The second-order valence-electron chi connectivity index (χ2n) is 6.83. The molecular weight excluding hydrogens is 427 g/mol. The molecule has 1 N–H and O–H groups in total. The van der Waals surface area contributed by atoms with E-state index >= 15 is 0 Å². The van der Waals surface area contributed by atoms with Crippen LogP contribution >= 0.6 is 11.8 Å². The summed E-state index contributed by atoms with van der Waals surface area (Å²) in [6, 6.07) is 21.1. The number of hydrogen-bond acceptors (Lipinski definition) is 5. The summed E-state index contributed by atoms with van der Waals surface area (Å²) in [5, 5.41) is 3.28. The second kappa shape index (κ2) is 10.2. The Kier molecular flexibility index (Phi) is 6.87. The first-order valence-corrected chi connectivity index (χ1v) is 10.9. The van der Waals surface area contributed by atoms with Gasteiger partial charge >= 0.3 is 0 Å². The highest BCUT2D eigenvalue weighted by molar-refractivity contribution is 8.18. The lowest BCUT2D eigenvalue weighted by Crippen LogP contribution is -2.19. The van der Waals surface area contributed by atoms with Crippen molar-refractivity contribution in [1.29, 1.82) is 0 Å². The molecule has 4 rings (SSSR count). The quantitative estimate of drug-likeness (QED) is 0.472. The number of nitrogens with one attached hydrogen (secondary N) is 1. The summed E-state index contributed by atoms with van der Waals surface area (Å²) >= 11 is 1.25. The van der Waals surface area contributed by atoms with Gasteiger partial charge in [0.2, 0.25) is 0 Å². The minimum Gasteiger partial charge on any atom is -0.494 e. The third kappa shape index (κ3) is 5.36. The van der Waals surface area contributed by atoms with Crippen molar-refractivity contribution in [1.82, 2.24) is 5.32 Å². The molecule has 1 saturated heterocycles. The first-order valence-electron chi connectivity index (χ1n) is 10.1. The standard InChI is InChI=1S/C25H21FN2O3S/c1-2-30-20-13-11-19(12-14-20)27-25-28-24(29)23(32-25)15-17-7-4-6-10-22(17)31-16-18-8-3-5-9-21(18)26/h3-15H,2,16H2,1H3,(H,27,28,29)/b23-15+. The lowest BCUT2D eigenvalue weighted by atomic mass is 10.1. The molecule has 1 amide bonds. The molecule has 3 aromatic carbocycles. The third-order valence-electron chi connectivity index (χ3n) is 4.58. The summed E-state index contributed by atoms with van der Waals surface area (Å²) in [4.78, 5) is 17.4. The van der Waals surface area contributed by atoms with E-state index in [-0.39, 0.29) is 18.3 Å². The van der Waals surface area contributed by atoms with E-state index in [0.29, 0.717) is 33.7 Å². The highest BCUT2D eigenvalue weighted by Gasteiger charge is 2.24.